The van der Waals surface area contributed by atoms with Gasteiger partial charge in [-0.2, -0.15) is 0 Å². The Morgan fingerprint density at radius 1 is 1.19 bits per heavy atom. The van der Waals surface area contributed by atoms with Crippen LogP contribution in [0.25, 0.3) is 0 Å². The highest BCUT2D eigenvalue weighted by atomic mass is 32.1. The van der Waals surface area contributed by atoms with Gasteiger partial charge < -0.3 is 5.32 Å². The Balaban J connectivity index is 1.67. The molecule has 3 heteroatoms. The van der Waals surface area contributed by atoms with Crippen molar-refractivity contribution >= 4 is 11.3 Å². The lowest BCUT2D eigenvalue weighted by molar-refractivity contribution is 0.0674. The minimum absolute atomic E-state index is 0.225. The van der Waals surface area contributed by atoms with Gasteiger partial charge in [-0.3, -0.25) is 4.90 Å². The quantitative estimate of drug-likeness (QED) is 0.926. The van der Waals surface area contributed by atoms with Crippen molar-refractivity contribution in [2.75, 3.05) is 19.6 Å². The molecule has 2 nitrogen and oxygen atoms in total. The fraction of sp³-hybridized carbons (Fsp3) is 0.444. The highest BCUT2D eigenvalue weighted by Crippen LogP contribution is 2.26. The second-order valence-corrected chi connectivity index (χ2v) is 7.46. The van der Waals surface area contributed by atoms with E-state index in [1.54, 1.807) is 0 Å². The molecular weight excluding hydrogens is 276 g/mol. The number of nitrogens with zero attached hydrogens (tertiary/aromatic N) is 1. The van der Waals surface area contributed by atoms with Crippen LogP contribution in [0.2, 0.25) is 0 Å². The molecule has 1 atom stereocenters. The maximum atomic E-state index is 3.71. The van der Waals surface area contributed by atoms with E-state index < -0.39 is 0 Å². The first-order valence-electron chi connectivity index (χ1n) is 7.71. The number of thiophene rings is 1. The number of hydrogen-bond donors (Lipinski definition) is 1. The van der Waals surface area contributed by atoms with Crippen LogP contribution in [0, 0.1) is 0 Å². The van der Waals surface area contributed by atoms with Gasteiger partial charge in [0.1, 0.15) is 0 Å². The number of rotatable bonds is 4. The summed E-state index contributed by atoms with van der Waals surface area (Å²) in [6.45, 7) is 7.95. The Kier molecular flexibility index (Phi) is 4.43. The van der Waals surface area contributed by atoms with E-state index in [0.29, 0.717) is 6.04 Å². The Morgan fingerprint density at radius 2 is 2.00 bits per heavy atom. The predicted octanol–water partition coefficient (Wildman–Crippen LogP) is 3.72. The molecule has 112 valence electrons. The van der Waals surface area contributed by atoms with E-state index in [2.05, 4.69) is 71.9 Å². The molecule has 1 aliphatic heterocycles. The SMILES string of the molecule is CC1(C)CNC(c2ccccc2)CN1CCc1cccs1. The minimum atomic E-state index is 0.225. The lowest BCUT2D eigenvalue weighted by Crippen LogP contribution is -2.59. The molecule has 1 fully saturated rings. The summed E-state index contributed by atoms with van der Waals surface area (Å²) in [4.78, 5) is 4.13. The van der Waals surface area contributed by atoms with Crippen molar-refractivity contribution in [3.8, 4) is 0 Å². The molecule has 1 aromatic carbocycles. The topological polar surface area (TPSA) is 15.3 Å². The summed E-state index contributed by atoms with van der Waals surface area (Å²) in [6, 6.07) is 15.7. The molecule has 2 heterocycles. The van der Waals surface area contributed by atoms with Crippen LogP contribution in [0.15, 0.2) is 47.8 Å². The average Bonchev–Trinajstić information content (AvgIpc) is 3.00. The van der Waals surface area contributed by atoms with Crippen molar-refractivity contribution in [2.24, 2.45) is 0 Å². The molecule has 0 radical (unpaired) electrons. The van der Waals surface area contributed by atoms with Crippen LogP contribution in [0.4, 0.5) is 0 Å². The van der Waals surface area contributed by atoms with Gasteiger partial charge in [-0.05, 0) is 37.3 Å². The van der Waals surface area contributed by atoms with E-state index in [-0.39, 0.29) is 5.54 Å². The van der Waals surface area contributed by atoms with Crippen LogP contribution in [0.1, 0.15) is 30.3 Å². The Hall–Kier alpha value is -1.16. The van der Waals surface area contributed by atoms with Crippen molar-refractivity contribution in [2.45, 2.75) is 31.8 Å². The lowest BCUT2D eigenvalue weighted by atomic mass is 9.94. The molecule has 1 unspecified atom stereocenters. The second kappa shape index (κ2) is 6.30. The van der Waals surface area contributed by atoms with Crippen molar-refractivity contribution < 1.29 is 0 Å². The summed E-state index contributed by atoms with van der Waals surface area (Å²) < 4.78 is 0. The molecule has 1 saturated heterocycles. The number of hydrogen-bond acceptors (Lipinski definition) is 3. The molecule has 1 N–H and O–H groups in total. The average molecular weight is 300 g/mol. The van der Waals surface area contributed by atoms with Crippen molar-refractivity contribution in [1.29, 1.82) is 0 Å². The zero-order chi connectivity index (χ0) is 14.7. The van der Waals surface area contributed by atoms with Crippen LogP contribution in [0.3, 0.4) is 0 Å². The van der Waals surface area contributed by atoms with Crippen molar-refractivity contribution in [3.63, 3.8) is 0 Å². The molecule has 0 amide bonds. The molecule has 0 aliphatic carbocycles. The number of benzene rings is 1. The van der Waals surface area contributed by atoms with E-state index in [1.807, 2.05) is 11.3 Å². The van der Waals surface area contributed by atoms with E-state index in [0.717, 1.165) is 26.1 Å². The zero-order valence-corrected chi connectivity index (χ0v) is 13.7. The van der Waals surface area contributed by atoms with Gasteiger partial charge in [0.25, 0.3) is 0 Å². The van der Waals surface area contributed by atoms with Gasteiger partial charge in [0.2, 0.25) is 0 Å². The Morgan fingerprint density at radius 3 is 2.71 bits per heavy atom. The third kappa shape index (κ3) is 3.54. The van der Waals surface area contributed by atoms with E-state index in [4.69, 9.17) is 0 Å². The summed E-state index contributed by atoms with van der Waals surface area (Å²) >= 11 is 1.87. The predicted molar refractivity (Wildman–Crippen MR) is 90.9 cm³/mol. The highest BCUT2D eigenvalue weighted by molar-refractivity contribution is 7.09. The van der Waals surface area contributed by atoms with Crippen LogP contribution in [-0.2, 0) is 6.42 Å². The normalized spacial score (nSPS) is 22.3. The molecule has 3 rings (SSSR count). The van der Waals surface area contributed by atoms with Gasteiger partial charge in [-0.15, -0.1) is 11.3 Å². The minimum Gasteiger partial charge on any atom is -0.307 e. The van der Waals surface area contributed by atoms with Gasteiger partial charge in [0.15, 0.2) is 0 Å². The standard InChI is InChI=1S/C18H24N2S/c1-18(2)14-19-17(15-7-4-3-5-8-15)13-20(18)11-10-16-9-6-12-21-16/h3-9,12,17,19H,10-11,13-14H2,1-2H3. The summed E-state index contributed by atoms with van der Waals surface area (Å²) in [5.74, 6) is 0. The number of nitrogens with one attached hydrogen (secondary N) is 1. The van der Waals surface area contributed by atoms with E-state index in [9.17, 15) is 0 Å². The van der Waals surface area contributed by atoms with Crippen LogP contribution in [-0.4, -0.2) is 30.1 Å². The molecule has 2 aromatic rings. The van der Waals surface area contributed by atoms with Gasteiger partial charge in [0.05, 0.1) is 0 Å². The molecule has 0 spiro atoms. The first-order chi connectivity index (χ1) is 10.1. The highest BCUT2D eigenvalue weighted by Gasteiger charge is 2.33. The smallest absolute Gasteiger partial charge is 0.0450 e. The largest absolute Gasteiger partial charge is 0.307 e. The van der Waals surface area contributed by atoms with Gasteiger partial charge in [-0.1, -0.05) is 36.4 Å². The van der Waals surface area contributed by atoms with E-state index >= 15 is 0 Å². The summed E-state index contributed by atoms with van der Waals surface area (Å²) in [5.41, 5.74) is 1.62. The third-order valence-electron chi connectivity index (χ3n) is 4.45. The fourth-order valence-electron chi connectivity index (χ4n) is 3.02. The molecule has 1 aromatic heterocycles. The Labute approximate surface area is 131 Å². The first-order valence-corrected chi connectivity index (χ1v) is 8.59. The van der Waals surface area contributed by atoms with Crippen molar-refractivity contribution in [1.82, 2.24) is 10.2 Å². The molecule has 1 aliphatic rings. The van der Waals surface area contributed by atoms with Crippen LogP contribution < -0.4 is 5.32 Å². The van der Waals surface area contributed by atoms with Gasteiger partial charge in [0, 0.05) is 36.1 Å². The lowest BCUT2D eigenvalue weighted by Gasteiger charge is -2.46. The zero-order valence-electron chi connectivity index (χ0n) is 12.9. The maximum Gasteiger partial charge on any atom is 0.0450 e. The van der Waals surface area contributed by atoms with Gasteiger partial charge in [-0.25, -0.2) is 0 Å². The van der Waals surface area contributed by atoms with Crippen LogP contribution in [0.5, 0.6) is 0 Å². The summed E-state index contributed by atoms with van der Waals surface area (Å²) in [6.07, 6.45) is 1.16. The summed E-state index contributed by atoms with van der Waals surface area (Å²) in [7, 11) is 0. The molecule has 0 bridgehead atoms. The number of piperazine rings is 1. The van der Waals surface area contributed by atoms with Crippen LogP contribution >= 0.6 is 11.3 Å². The summed E-state index contributed by atoms with van der Waals surface area (Å²) in [5, 5.41) is 5.88. The Bertz CT molecular complexity index is 548. The fourth-order valence-corrected chi connectivity index (χ4v) is 3.72. The van der Waals surface area contributed by atoms with Crippen molar-refractivity contribution in [3.05, 3.63) is 58.3 Å². The van der Waals surface area contributed by atoms with Gasteiger partial charge >= 0.3 is 0 Å². The second-order valence-electron chi connectivity index (χ2n) is 6.43. The molecule has 0 saturated carbocycles. The maximum absolute atomic E-state index is 3.71. The molecule has 21 heavy (non-hydrogen) atoms. The monoisotopic (exact) mass is 300 g/mol. The van der Waals surface area contributed by atoms with E-state index in [1.165, 1.54) is 10.4 Å². The molecular formula is C18H24N2S. The first kappa shape index (κ1) is 14.8. The third-order valence-corrected chi connectivity index (χ3v) is 5.39.